The van der Waals surface area contributed by atoms with Crippen LogP contribution < -0.4 is 0 Å². The highest BCUT2D eigenvalue weighted by Crippen LogP contribution is 2.42. The van der Waals surface area contributed by atoms with Gasteiger partial charge in [-0.15, -0.1) is 11.8 Å². The molecule has 3 atom stereocenters. The molecule has 0 spiro atoms. The zero-order chi connectivity index (χ0) is 24.2. The summed E-state index contributed by atoms with van der Waals surface area (Å²) in [6.45, 7) is 4.89. The lowest BCUT2D eigenvalue weighted by atomic mass is 9.78. The van der Waals surface area contributed by atoms with Crippen molar-refractivity contribution in [3.8, 4) is 0 Å². The number of piperidine rings is 2. The summed E-state index contributed by atoms with van der Waals surface area (Å²) in [5.41, 5.74) is 0. The van der Waals surface area contributed by atoms with Crippen LogP contribution in [0, 0.1) is 17.8 Å². The van der Waals surface area contributed by atoms with E-state index in [1.807, 2.05) is 21.6 Å². The maximum atomic E-state index is 13.4. The van der Waals surface area contributed by atoms with Gasteiger partial charge in [-0.25, -0.2) is 0 Å². The first-order valence-corrected chi connectivity index (χ1v) is 14.9. The smallest absolute Gasteiger partial charge is 0.230 e. The number of morpholine rings is 1. The molecule has 0 N–H and O–H groups in total. The highest BCUT2D eigenvalue weighted by atomic mass is 32.2. The van der Waals surface area contributed by atoms with Crippen LogP contribution in [0.5, 0.6) is 0 Å². The molecule has 35 heavy (non-hydrogen) atoms. The summed E-state index contributed by atoms with van der Waals surface area (Å²) < 4.78 is 5.30. The fourth-order valence-electron chi connectivity index (χ4n) is 6.74. The van der Waals surface area contributed by atoms with Crippen molar-refractivity contribution in [1.82, 2.24) is 14.7 Å². The Morgan fingerprint density at radius 3 is 2.23 bits per heavy atom. The molecule has 4 aliphatic heterocycles. The van der Waals surface area contributed by atoms with Gasteiger partial charge in [0, 0.05) is 57.4 Å². The molecule has 4 fully saturated rings. The Balaban J connectivity index is 1.08. The monoisotopic (exact) mass is 503 g/mol. The van der Waals surface area contributed by atoms with Gasteiger partial charge >= 0.3 is 0 Å². The van der Waals surface area contributed by atoms with Crippen molar-refractivity contribution in [1.29, 1.82) is 0 Å². The Hall–Kier alpha value is -1.54. The fourth-order valence-corrected chi connectivity index (χ4v) is 8.09. The van der Waals surface area contributed by atoms with Gasteiger partial charge in [-0.2, -0.15) is 0 Å². The lowest BCUT2D eigenvalue weighted by Crippen LogP contribution is -2.51. The minimum absolute atomic E-state index is 0.0292. The number of likely N-dealkylation sites (tertiary alicyclic amines) is 2. The highest BCUT2D eigenvalue weighted by Gasteiger charge is 2.39. The SMILES string of the molecule is O=C(CCC(=O)N1CCC(C2=CC(C(=O)N3CCCC4CCCCC43)CS2)CC1)N1CCOCC1. The average molecular weight is 504 g/mol. The molecule has 5 rings (SSSR count). The largest absolute Gasteiger partial charge is 0.378 e. The number of carbonyl (C=O) groups is 3. The lowest BCUT2D eigenvalue weighted by molar-refractivity contribution is -0.140. The van der Waals surface area contributed by atoms with Crippen molar-refractivity contribution in [2.75, 3.05) is 51.7 Å². The molecule has 5 aliphatic rings. The summed E-state index contributed by atoms with van der Waals surface area (Å²) in [5.74, 6) is 2.62. The molecule has 1 saturated carbocycles. The number of fused-ring (bicyclic) bond motifs is 1. The molecule has 0 radical (unpaired) electrons. The Morgan fingerprint density at radius 1 is 0.829 bits per heavy atom. The third-order valence-corrected chi connectivity index (χ3v) is 10.1. The first-order valence-electron chi connectivity index (χ1n) is 13.9. The second kappa shape index (κ2) is 11.7. The molecule has 3 amide bonds. The highest BCUT2D eigenvalue weighted by molar-refractivity contribution is 8.03. The molecule has 7 nitrogen and oxygen atoms in total. The van der Waals surface area contributed by atoms with Crippen LogP contribution in [0.3, 0.4) is 0 Å². The van der Waals surface area contributed by atoms with Crippen LogP contribution >= 0.6 is 11.8 Å². The predicted octanol–water partition coefficient (Wildman–Crippen LogP) is 3.29. The second-order valence-corrected chi connectivity index (χ2v) is 12.0. The van der Waals surface area contributed by atoms with Crippen molar-refractivity contribution >= 4 is 29.5 Å². The zero-order valence-corrected chi connectivity index (χ0v) is 21.8. The summed E-state index contributed by atoms with van der Waals surface area (Å²) in [5, 5.41) is 0. The van der Waals surface area contributed by atoms with Crippen molar-refractivity contribution in [2.45, 2.75) is 70.3 Å². The molecular formula is C27H41N3O4S. The van der Waals surface area contributed by atoms with E-state index in [1.165, 1.54) is 37.0 Å². The predicted molar refractivity (Wildman–Crippen MR) is 137 cm³/mol. The Morgan fingerprint density at radius 2 is 1.49 bits per heavy atom. The first kappa shape index (κ1) is 25.1. The molecule has 1 aliphatic carbocycles. The van der Waals surface area contributed by atoms with E-state index in [0.29, 0.717) is 57.0 Å². The van der Waals surface area contributed by atoms with Crippen LogP contribution in [0.1, 0.15) is 64.2 Å². The number of thioether (sulfide) groups is 1. The van der Waals surface area contributed by atoms with Crippen molar-refractivity contribution in [2.24, 2.45) is 17.8 Å². The Kier molecular flexibility index (Phi) is 8.38. The number of amides is 3. The van der Waals surface area contributed by atoms with Crippen LogP contribution in [0.2, 0.25) is 0 Å². The van der Waals surface area contributed by atoms with E-state index in [1.54, 1.807) is 0 Å². The van der Waals surface area contributed by atoms with Gasteiger partial charge in [-0.1, -0.05) is 18.9 Å². The Bertz CT molecular complexity index is 817. The van der Waals surface area contributed by atoms with E-state index < -0.39 is 0 Å². The maximum absolute atomic E-state index is 13.4. The number of ether oxygens (including phenoxy) is 1. The molecule has 194 valence electrons. The second-order valence-electron chi connectivity index (χ2n) is 10.9. The van der Waals surface area contributed by atoms with Crippen LogP contribution in [0.15, 0.2) is 11.0 Å². The number of nitrogens with zero attached hydrogens (tertiary/aromatic N) is 3. The third kappa shape index (κ3) is 5.90. The minimum Gasteiger partial charge on any atom is -0.378 e. The molecule has 0 aromatic heterocycles. The number of hydrogen-bond acceptors (Lipinski definition) is 5. The van der Waals surface area contributed by atoms with Crippen LogP contribution in [-0.4, -0.2) is 90.2 Å². The first-order chi connectivity index (χ1) is 17.1. The van der Waals surface area contributed by atoms with Gasteiger partial charge in [0.25, 0.3) is 0 Å². The minimum atomic E-state index is 0.0292. The quantitative estimate of drug-likeness (QED) is 0.576. The van der Waals surface area contributed by atoms with Gasteiger partial charge < -0.3 is 19.4 Å². The van der Waals surface area contributed by atoms with Crippen LogP contribution in [0.25, 0.3) is 0 Å². The summed E-state index contributed by atoms with van der Waals surface area (Å²) in [7, 11) is 0. The molecule has 3 saturated heterocycles. The van der Waals surface area contributed by atoms with E-state index in [-0.39, 0.29) is 17.7 Å². The number of allylic oxidation sites excluding steroid dienone is 1. The van der Waals surface area contributed by atoms with Gasteiger partial charge in [0.1, 0.15) is 0 Å². The van der Waals surface area contributed by atoms with Gasteiger partial charge in [0.2, 0.25) is 17.7 Å². The summed E-state index contributed by atoms with van der Waals surface area (Å²) >= 11 is 1.87. The van der Waals surface area contributed by atoms with E-state index >= 15 is 0 Å². The fraction of sp³-hybridized carbons (Fsp3) is 0.815. The topological polar surface area (TPSA) is 70.2 Å². The van der Waals surface area contributed by atoms with E-state index in [4.69, 9.17) is 4.74 Å². The van der Waals surface area contributed by atoms with Crippen molar-refractivity contribution in [3.63, 3.8) is 0 Å². The molecule has 0 aromatic rings. The molecule has 4 heterocycles. The number of hydrogen-bond donors (Lipinski definition) is 0. The maximum Gasteiger partial charge on any atom is 0.230 e. The third-order valence-electron chi connectivity index (χ3n) is 8.81. The van der Waals surface area contributed by atoms with Crippen LogP contribution in [-0.2, 0) is 19.1 Å². The average Bonchev–Trinajstić information content (AvgIpc) is 3.42. The normalized spacial score (nSPS) is 30.1. The van der Waals surface area contributed by atoms with Gasteiger partial charge in [-0.3, -0.25) is 14.4 Å². The van der Waals surface area contributed by atoms with Gasteiger partial charge in [0.15, 0.2) is 0 Å². The summed E-state index contributed by atoms with van der Waals surface area (Å²) in [6.07, 6.45) is 12.3. The van der Waals surface area contributed by atoms with Crippen molar-refractivity contribution in [3.05, 3.63) is 11.0 Å². The molecule has 0 bridgehead atoms. The molecule has 3 unspecified atom stereocenters. The van der Waals surface area contributed by atoms with Crippen molar-refractivity contribution < 1.29 is 19.1 Å². The summed E-state index contributed by atoms with van der Waals surface area (Å²) in [4.78, 5) is 45.9. The van der Waals surface area contributed by atoms with Crippen LogP contribution in [0.4, 0.5) is 0 Å². The van der Waals surface area contributed by atoms with E-state index in [0.717, 1.165) is 50.6 Å². The van der Waals surface area contributed by atoms with E-state index in [9.17, 15) is 14.4 Å². The molecule has 0 aromatic carbocycles. The number of rotatable bonds is 5. The molecular weight excluding hydrogens is 462 g/mol. The van der Waals surface area contributed by atoms with Gasteiger partial charge in [0.05, 0.1) is 19.1 Å². The standard InChI is InChI=1S/C27H41N3O4S/c31-25(7-8-26(32)29-14-16-34-17-15-29)28-12-9-21(10-13-28)24-18-22(19-35-24)27(33)30-11-3-5-20-4-1-2-6-23(20)30/h18,20-23H,1-17,19H2. The summed E-state index contributed by atoms with van der Waals surface area (Å²) in [6, 6.07) is 0.483. The zero-order valence-electron chi connectivity index (χ0n) is 21.0. The Labute approximate surface area is 214 Å². The number of carbonyl (C=O) groups excluding carboxylic acids is 3. The van der Waals surface area contributed by atoms with E-state index in [2.05, 4.69) is 11.0 Å². The molecule has 8 heteroatoms. The lowest BCUT2D eigenvalue weighted by Gasteiger charge is -2.44. The van der Waals surface area contributed by atoms with Gasteiger partial charge in [-0.05, 0) is 55.3 Å².